The number of carboxylic acids is 1. The lowest BCUT2D eigenvalue weighted by molar-refractivity contribution is -0.164. The summed E-state index contributed by atoms with van der Waals surface area (Å²) in [6, 6.07) is 9.29. The molecule has 1 rings (SSSR count). The first-order valence-corrected chi connectivity index (χ1v) is 8.61. The summed E-state index contributed by atoms with van der Waals surface area (Å²) in [6.45, 7) is 3.03. The van der Waals surface area contributed by atoms with Gasteiger partial charge in [-0.2, -0.15) is 0 Å². The van der Waals surface area contributed by atoms with Gasteiger partial charge >= 0.3 is 11.9 Å². The van der Waals surface area contributed by atoms with E-state index in [1.807, 2.05) is 30.3 Å². The third-order valence-electron chi connectivity index (χ3n) is 2.62. The molecule has 1 N–H and O–H groups in total. The number of aliphatic carboxylic acids is 1. The second kappa shape index (κ2) is 9.53. The Hall–Kier alpha value is -1.47. The average Bonchev–Trinajstić information content (AvgIpc) is 2.49. The predicted molar refractivity (Wildman–Crippen MR) is 87.0 cm³/mol. The largest absolute Gasteiger partial charge is 0.478 e. The van der Waals surface area contributed by atoms with Crippen molar-refractivity contribution in [1.82, 2.24) is 0 Å². The van der Waals surface area contributed by atoms with E-state index in [-0.39, 0.29) is 16.6 Å². The molecule has 0 aliphatic heterocycles. The van der Waals surface area contributed by atoms with Crippen molar-refractivity contribution in [2.45, 2.75) is 24.8 Å². The third kappa shape index (κ3) is 7.00. The van der Waals surface area contributed by atoms with Gasteiger partial charge in [0.2, 0.25) is 6.10 Å². The molecule has 0 saturated carbocycles. The number of benzene rings is 1. The molecule has 0 radical (unpaired) electrons. The van der Waals surface area contributed by atoms with Gasteiger partial charge in [0.25, 0.3) is 0 Å². The highest BCUT2D eigenvalue weighted by molar-refractivity contribution is 8.13. The third-order valence-corrected chi connectivity index (χ3v) is 4.77. The van der Waals surface area contributed by atoms with E-state index in [0.717, 1.165) is 16.7 Å². The van der Waals surface area contributed by atoms with Crippen LogP contribution in [0.1, 0.15) is 13.8 Å². The Balaban J connectivity index is 2.51. The van der Waals surface area contributed by atoms with Crippen LogP contribution in [-0.2, 0) is 19.1 Å². The first-order chi connectivity index (χ1) is 10.4. The zero-order valence-corrected chi connectivity index (χ0v) is 14.0. The minimum atomic E-state index is -1.21. The number of hydrogen-bond donors (Lipinski definition) is 1. The maximum Gasteiger partial charge on any atom is 0.345 e. The highest BCUT2D eigenvalue weighted by Gasteiger charge is 2.25. The SMILES string of the molecule is CC(=O)SC[C@@H](C)C(=O)O[C@@H](CSc1ccccc1)C(=O)O. The number of hydrogen-bond acceptors (Lipinski definition) is 6. The van der Waals surface area contributed by atoms with Crippen LogP contribution in [0.2, 0.25) is 0 Å². The number of carbonyl (C=O) groups is 3. The maximum atomic E-state index is 11.9. The van der Waals surface area contributed by atoms with Gasteiger partial charge in [-0.1, -0.05) is 36.9 Å². The van der Waals surface area contributed by atoms with Crippen LogP contribution < -0.4 is 0 Å². The number of esters is 1. The fourth-order valence-electron chi connectivity index (χ4n) is 1.41. The maximum absolute atomic E-state index is 11.9. The lowest BCUT2D eigenvalue weighted by Crippen LogP contribution is -2.32. The van der Waals surface area contributed by atoms with Crippen LogP contribution in [-0.4, -0.2) is 39.8 Å². The molecule has 1 aromatic rings. The normalized spacial score (nSPS) is 13.2. The van der Waals surface area contributed by atoms with E-state index in [4.69, 9.17) is 9.84 Å². The van der Waals surface area contributed by atoms with Crippen LogP contribution in [0.3, 0.4) is 0 Å². The highest BCUT2D eigenvalue weighted by atomic mass is 32.2. The highest BCUT2D eigenvalue weighted by Crippen LogP contribution is 2.20. The van der Waals surface area contributed by atoms with E-state index in [2.05, 4.69) is 0 Å². The molecule has 0 saturated heterocycles. The zero-order chi connectivity index (χ0) is 16.5. The first kappa shape index (κ1) is 18.6. The van der Waals surface area contributed by atoms with Crippen LogP contribution in [0.5, 0.6) is 0 Å². The summed E-state index contributed by atoms with van der Waals surface area (Å²) in [5, 5.41) is 9.06. The lowest BCUT2D eigenvalue weighted by atomic mass is 10.2. The molecule has 2 atom stereocenters. The van der Waals surface area contributed by atoms with E-state index < -0.39 is 24.0 Å². The first-order valence-electron chi connectivity index (χ1n) is 6.64. The lowest BCUT2D eigenvalue weighted by Gasteiger charge is -2.16. The Morgan fingerprint density at radius 2 is 1.82 bits per heavy atom. The van der Waals surface area contributed by atoms with Crippen molar-refractivity contribution in [3.8, 4) is 0 Å². The van der Waals surface area contributed by atoms with Crippen LogP contribution in [0.15, 0.2) is 35.2 Å². The molecule has 0 aromatic heterocycles. The summed E-state index contributed by atoms with van der Waals surface area (Å²) in [6.07, 6.45) is -1.21. The Kier molecular flexibility index (Phi) is 8.05. The standard InChI is InChI=1S/C15H18O5S2/c1-10(8-21-11(2)16)15(19)20-13(14(17)18)9-22-12-6-4-3-5-7-12/h3-7,10,13H,8-9H2,1-2H3,(H,17,18)/t10-,13+/m1/s1. The zero-order valence-electron chi connectivity index (χ0n) is 12.4. The monoisotopic (exact) mass is 342 g/mol. The van der Waals surface area contributed by atoms with Gasteiger partial charge in [-0.05, 0) is 12.1 Å². The summed E-state index contributed by atoms with van der Waals surface area (Å²) >= 11 is 2.33. The molecule has 7 heteroatoms. The molecule has 0 aliphatic carbocycles. The van der Waals surface area contributed by atoms with Gasteiger partial charge in [-0.25, -0.2) is 4.79 Å². The molecule has 0 fully saturated rings. The summed E-state index contributed by atoms with van der Waals surface area (Å²) in [5.41, 5.74) is 0. The quantitative estimate of drug-likeness (QED) is 0.574. The molecule has 5 nitrogen and oxygen atoms in total. The topological polar surface area (TPSA) is 80.7 Å². The van der Waals surface area contributed by atoms with Gasteiger partial charge in [0.1, 0.15) is 0 Å². The Morgan fingerprint density at radius 3 is 2.36 bits per heavy atom. The Labute approximate surface area is 137 Å². The summed E-state index contributed by atoms with van der Waals surface area (Å²) in [7, 11) is 0. The molecule has 0 unspecified atom stereocenters. The second-order valence-corrected chi connectivity index (χ2v) is 6.88. The minimum Gasteiger partial charge on any atom is -0.478 e. The van der Waals surface area contributed by atoms with E-state index in [1.165, 1.54) is 18.7 Å². The molecule has 1 aromatic carbocycles. The van der Waals surface area contributed by atoms with E-state index in [1.54, 1.807) is 6.92 Å². The Morgan fingerprint density at radius 1 is 1.18 bits per heavy atom. The van der Waals surface area contributed by atoms with Crippen LogP contribution >= 0.6 is 23.5 Å². The van der Waals surface area contributed by atoms with E-state index in [9.17, 15) is 14.4 Å². The number of carbonyl (C=O) groups excluding carboxylic acids is 2. The van der Waals surface area contributed by atoms with Crippen molar-refractivity contribution < 1.29 is 24.2 Å². The van der Waals surface area contributed by atoms with Crippen molar-refractivity contribution in [3.63, 3.8) is 0 Å². The number of ether oxygens (including phenoxy) is 1. The number of thioether (sulfide) groups is 2. The predicted octanol–water partition coefficient (Wildman–Crippen LogP) is 2.69. The van der Waals surface area contributed by atoms with Crippen molar-refractivity contribution in [2.24, 2.45) is 5.92 Å². The molecule has 0 spiro atoms. The van der Waals surface area contributed by atoms with E-state index >= 15 is 0 Å². The summed E-state index contributed by atoms with van der Waals surface area (Å²) in [4.78, 5) is 34.8. The molecular weight excluding hydrogens is 324 g/mol. The van der Waals surface area contributed by atoms with E-state index in [0.29, 0.717) is 0 Å². The molecule has 0 aliphatic rings. The van der Waals surface area contributed by atoms with Crippen molar-refractivity contribution in [2.75, 3.05) is 11.5 Å². The van der Waals surface area contributed by atoms with Gasteiger partial charge < -0.3 is 9.84 Å². The average molecular weight is 342 g/mol. The van der Waals surface area contributed by atoms with Gasteiger partial charge in [0.15, 0.2) is 5.12 Å². The molecule has 0 amide bonds. The molecule has 0 heterocycles. The minimum absolute atomic E-state index is 0.0888. The summed E-state index contributed by atoms with van der Waals surface area (Å²) < 4.78 is 5.04. The van der Waals surface area contributed by atoms with Gasteiger partial charge in [-0.15, -0.1) is 11.8 Å². The van der Waals surface area contributed by atoms with Gasteiger partial charge in [-0.3, -0.25) is 9.59 Å². The fourth-order valence-corrected chi connectivity index (χ4v) is 2.94. The second-order valence-electron chi connectivity index (χ2n) is 4.59. The molecule has 22 heavy (non-hydrogen) atoms. The smallest absolute Gasteiger partial charge is 0.345 e. The van der Waals surface area contributed by atoms with Crippen molar-refractivity contribution in [3.05, 3.63) is 30.3 Å². The van der Waals surface area contributed by atoms with Gasteiger partial charge in [0, 0.05) is 23.3 Å². The van der Waals surface area contributed by atoms with Crippen molar-refractivity contribution in [1.29, 1.82) is 0 Å². The molecular formula is C15H18O5S2. The fraction of sp³-hybridized carbons (Fsp3) is 0.400. The number of rotatable bonds is 8. The van der Waals surface area contributed by atoms with Crippen LogP contribution in [0.4, 0.5) is 0 Å². The van der Waals surface area contributed by atoms with Crippen molar-refractivity contribution >= 4 is 40.6 Å². The molecule has 120 valence electrons. The number of carboxylic acid groups (broad SMARTS) is 1. The van der Waals surface area contributed by atoms with Crippen LogP contribution in [0.25, 0.3) is 0 Å². The van der Waals surface area contributed by atoms with Gasteiger partial charge in [0.05, 0.1) is 5.92 Å². The van der Waals surface area contributed by atoms with Crippen LogP contribution in [0, 0.1) is 5.92 Å². The molecule has 0 bridgehead atoms. The Bertz CT molecular complexity index is 518. The summed E-state index contributed by atoms with van der Waals surface area (Å²) in [5.74, 6) is -1.89.